The monoisotopic (exact) mass is 320 g/mol. The van der Waals surface area contributed by atoms with Crippen LogP contribution >= 0.6 is 0 Å². The van der Waals surface area contributed by atoms with Gasteiger partial charge in [-0.3, -0.25) is 4.79 Å². The average molecular weight is 320 g/mol. The summed E-state index contributed by atoms with van der Waals surface area (Å²) in [6.07, 6.45) is 8.75. The Morgan fingerprint density at radius 1 is 1.48 bits per heavy atom. The van der Waals surface area contributed by atoms with Gasteiger partial charge in [-0.15, -0.1) is 6.58 Å². The van der Waals surface area contributed by atoms with Crippen LogP contribution in [0.5, 0.6) is 0 Å². The summed E-state index contributed by atoms with van der Waals surface area (Å²) < 4.78 is 10.6. The Bertz CT molecular complexity index is 554. The number of hydrogen-bond acceptors (Lipinski definition) is 5. The number of hydrogen-bond donors (Lipinski definition) is 1. The van der Waals surface area contributed by atoms with Gasteiger partial charge in [-0.1, -0.05) is 24.3 Å². The lowest BCUT2D eigenvalue weighted by molar-refractivity contribution is -0.140. The number of aliphatic hydroxyl groups is 1. The molecule has 2 unspecified atom stereocenters. The van der Waals surface area contributed by atoms with E-state index in [4.69, 9.17) is 9.47 Å². The van der Waals surface area contributed by atoms with Crippen LogP contribution in [-0.2, 0) is 19.1 Å². The fourth-order valence-corrected chi connectivity index (χ4v) is 2.15. The Morgan fingerprint density at radius 2 is 2.17 bits per heavy atom. The number of carbonyl (C=O) groups excluding carboxylic acids is 2. The summed E-state index contributed by atoms with van der Waals surface area (Å²) in [6, 6.07) is 0. The molecule has 0 aromatic rings. The summed E-state index contributed by atoms with van der Waals surface area (Å²) in [5, 5.41) is 9.56. The quantitative estimate of drug-likeness (QED) is 0.322. The molecule has 0 amide bonds. The van der Waals surface area contributed by atoms with Gasteiger partial charge in [0.05, 0.1) is 12.7 Å². The lowest BCUT2D eigenvalue weighted by atomic mass is 9.95. The summed E-state index contributed by atoms with van der Waals surface area (Å²) in [6.45, 7) is 8.58. The number of allylic oxidation sites excluding steroid dienone is 4. The molecule has 1 aliphatic rings. The first-order chi connectivity index (χ1) is 10.9. The zero-order chi connectivity index (χ0) is 17.5. The molecule has 1 heterocycles. The maximum atomic E-state index is 12.6. The molecule has 0 bridgehead atoms. The number of esters is 1. The minimum atomic E-state index is -1.27. The van der Waals surface area contributed by atoms with Crippen molar-refractivity contribution >= 4 is 11.8 Å². The van der Waals surface area contributed by atoms with Crippen molar-refractivity contribution in [1.82, 2.24) is 0 Å². The smallest absolute Gasteiger partial charge is 0.345 e. The highest BCUT2D eigenvalue weighted by atomic mass is 16.5. The van der Waals surface area contributed by atoms with E-state index >= 15 is 0 Å². The molecule has 1 rings (SSSR count). The number of Topliss-reactive ketones (excluding diaryl/α,β-unsaturated/α-hetero) is 1. The maximum Gasteiger partial charge on any atom is 0.345 e. The molecule has 0 spiro atoms. The largest absolute Gasteiger partial charge is 0.478 e. The van der Waals surface area contributed by atoms with Crippen LogP contribution in [0.15, 0.2) is 48.3 Å². The Balaban J connectivity index is 3.03. The van der Waals surface area contributed by atoms with E-state index in [1.807, 2.05) is 6.08 Å². The first kappa shape index (κ1) is 18.9. The zero-order valence-electron chi connectivity index (χ0n) is 13.9. The number of rotatable bonds is 8. The second-order valence-corrected chi connectivity index (χ2v) is 5.42. The van der Waals surface area contributed by atoms with Crippen molar-refractivity contribution in [2.75, 3.05) is 6.61 Å². The van der Waals surface area contributed by atoms with Crippen LogP contribution in [0.25, 0.3) is 0 Å². The van der Waals surface area contributed by atoms with Gasteiger partial charge in [0.1, 0.15) is 11.3 Å². The van der Waals surface area contributed by atoms with E-state index in [0.29, 0.717) is 0 Å². The maximum absolute atomic E-state index is 12.6. The fraction of sp³-hybridized carbons (Fsp3) is 0.444. The van der Waals surface area contributed by atoms with E-state index in [-0.39, 0.29) is 24.4 Å². The van der Waals surface area contributed by atoms with Crippen molar-refractivity contribution in [2.24, 2.45) is 0 Å². The summed E-state index contributed by atoms with van der Waals surface area (Å²) in [4.78, 5) is 24.6. The lowest BCUT2D eigenvalue weighted by Gasteiger charge is -2.19. The molecular weight excluding hydrogens is 296 g/mol. The first-order valence-corrected chi connectivity index (χ1v) is 7.63. The molecule has 2 atom stereocenters. The molecule has 23 heavy (non-hydrogen) atoms. The first-order valence-electron chi connectivity index (χ1n) is 7.63. The molecular formula is C18H24O5. The van der Waals surface area contributed by atoms with Gasteiger partial charge in [-0.05, 0) is 33.3 Å². The Hall–Kier alpha value is -2.14. The third-order valence-corrected chi connectivity index (χ3v) is 3.22. The summed E-state index contributed by atoms with van der Waals surface area (Å²) in [5.74, 6) is -1.00. The number of ether oxygens (including phenoxy) is 2. The molecule has 1 N–H and O–H groups in total. The summed E-state index contributed by atoms with van der Waals surface area (Å²) in [7, 11) is 0. The van der Waals surface area contributed by atoms with Crippen molar-refractivity contribution in [3.05, 3.63) is 48.3 Å². The van der Waals surface area contributed by atoms with Crippen molar-refractivity contribution in [3.63, 3.8) is 0 Å². The molecule has 0 saturated heterocycles. The third kappa shape index (κ3) is 4.93. The van der Waals surface area contributed by atoms with Crippen LogP contribution in [0.4, 0.5) is 0 Å². The van der Waals surface area contributed by atoms with Gasteiger partial charge in [-0.25, -0.2) is 4.79 Å². The SMILES string of the molecule is C=CC/C=C/C=C/C1(C)OC(CC(C)O)=C(C(=O)OCC)C1=O. The third-order valence-electron chi connectivity index (χ3n) is 3.22. The average Bonchev–Trinajstić information content (AvgIpc) is 2.70. The van der Waals surface area contributed by atoms with Crippen molar-refractivity contribution in [1.29, 1.82) is 0 Å². The summed E-state index contributed by atoms with van der Waals surface area (Å²) >= 11 is 0. The number of aliphatic hydroxyl groups excluding tert-OH is 1. The number of carbonyl (C=O) groups is 2. The van der Waals surface area contributed by atoms with Crippen LogP contribution < -0.4 is 0 Å². The molecule has 0 fully saturated rings. The lowest BCUT2D eigenvalue weighted by Crippen LogP contribution is -2.33. The van der Waals surface area contributed by atoms with E-state index in [2.05, 4.69) is 6.58 Å². The van der Waals surface area contributed by atoms with Crippen LogP contribution in [-0.4, -0.2) is 35.2 Å². The van der Waals surface area contributed by atoms with E-state index in [1.54, 1.807) is 45.1 Å². The predicted molar refractivity (Wildman–Crippen MR) is 87.5 cm³/mol. The molecule has 0 aliphatic carbocycles. The molecule has 0 saturated carbocycles. The Morgan fingerprint density at radius 3 is 2.74 bits per heavy atom. The molecule has 5 heteroatoms. The Labute approximate surface area is 137 Å². The highest BCUT2D eigenvalue weighted by Gasteiger charge is 2.47. The van der Waals surface area contributed by atoms with Gasteiger partial charge in [-0.2, -0.15) is 0 Å². The van der Waals surface area contributed by atoms with Gasteiger partial charge < -0.3 is 14.6 Å². The predicted octanol–water partition coefficient (Wildman–Crippen LogP) is 2.62. The molecule has 1 aliphatic heterocycles. The van der Waals surface area contributed by atoms with Gasteiger partial charge in [0.25, 0.3) is 0 Å². The molecule has 126 valence electrons. The van der Waals surface area contributed by atoms with Crippen LogP contribution in [0.3, 0.4) is 0 Å². The van der Waals surface area contributed by atoms with Gasteiger partial charge >= 0.3 is 5.97 Å². The Kier molecular flexibility index (Phi) is 6.97. The fourth-order valence-electron chi connectivity index (χ4n) is 2.15. The van der Waals surface area contributed by atoms with Gasteiger partial charge in [0.2, 0.25) is 5.78 Å². The highest BCUT2D eigenvalue weighted by Crippen LogP contribution is 2.34. The molecule has 0 radical (unpaired) electrons. The van der Waals surface area contributed by atoms with Crippen LogP contribution in [0.1, 0.15) is 33.6 Å². The standard InChI is InChI=1S/C18H24O5/c1-5-7-8-9-10-11-18(4)16(20)15(17(21)22-6-2)14(23-18)12-13(3)19/h5,8-11,13,19H,1,6-7,12H2,2-4H3/b9-8+,11-10+. The molecule has 0 aromatic heterocycles. The number of ketones is 1. The molecule has 5 nitrogen and oxygen atoms in total. The second kappa shape index (κ2) is 8.48. The highest BCUT2D eigenvalue weighted by molar-refractivity contribution is 6.22. The van der Waals surface area contributed by atoms with Crippen molar-refractivity contribution in [3.8, 4) is 0 Å². The van der Waals surface area contributed by atoms with E-state index in [1.165, 1.54) is 0 Å². The van der Waals surface area contributed by atoms with E-state index < -0.39 is 23.5 Å². The van der Waals surface area contributed by atoms with Crippen LogP contribution in [0, 0.1) is 0 Å². The van der Waals surface area contributed by atoms with E-state index in [0.717, 1.165) is 6.42 Å². The second-order valence-electron chi connectivity index (χ2n) is 5.42. The zero-order valence-corrected chi connectivity index (χ0v) is 13.9. The normalized spacial score (nSPS) is 22.7. The molecule has 0 aromatic carbocycles. The minimum Gasteiger partial charge on any atom is -0.478 e. The van der Waals surface area contributed by atoms with Crippen LogP contribution in [0.2, 0.25) is 0 Å². The van der Waals surface area contributed by atoms with Gasteiger partial charge in [0, 0.05) is 6.42 Å². The van der Waals surface area contributed by atoms with Gasteiger partial charge in [0.15, 0.2) is 5.60 Å². The van der Waals surface area contributed by atoms with Crippen molar-refractivity contribution in [2.45, 2.75) is 45.3 Å². The summed E-state index contributed by atoms with van der Waals surface area (Å²) in [5.41, 5.74) is -1.39. The van der Waals surface area contributed by atoms with Crippen molar-refractivity contribution < 1.29 is 24.2 Å². The van der Waals surface area contributed by atoms with E-state index in [9.17, 15) is 14.7 Å². The minimum absolute atomic E-state index is 0.0790. The topological polar surface area (TPSA) is 72.8 Å².